The second kappa shape index (κ2) is 15.4. The minimum atomic E-state index is -0.461. The SMILES string of the molecule is CCC(OC(C)C)N(CCPC(CC)(OC)OC)CCPC(CC)(OC)OC. The van der Waals surface area contributed by atoms with E-state index in [1.807, 2.05) is 0 Å². The van der Waals surface area contributed by atoms with Gasteiger partial charge in [-0.2, -0.15) is 0 Å². The van der Waals surface area contributed by atoms with Gasteiger partial charge in [-0.05, 0) is 32.6 Å². The Hall–Kier alpha value is 0.620. The van der Waals surface area contributed by atoms with Crippen molar-refractivity contribution in [3.05, 3.63) is 0 Å². The Kier molecular flexibility index (Phi) is 15.8. The van der Waals surface area contributed by atoms with E-state index in [-0.39, 0.29) is 12.3 Å². The van der Waals surface area contributed by atoms with Gasteiger partial charge in [-0.3, -0.25) is 4.90 Å². The molecular formula is C20H45NO5P2. The van der Waals surface area contributed by atoms with E-state index in [9.17, 15) is 0 Å². The lowest BCUT2D eigenvalue weighted by atomic mass is 10.3. The van der Waals surface area contributed by atoms with E-state index in [2.05, 4.69) is 39.5 Å². The first-order chi connectivity index (χ1) is 13.3. The average molecular weight is 442 g/mol. The van der Waals surface area contributed by atoms with Gasteiger partial charge < -0.3 is 23.7 Å². The molecule has 170 valence electrons. The summed E-state index contributed by atoms with van der Waals surface area (Å²) in [5, 5.41) is 0. The molecular weight excluding hydrogens is 396 g/mol. The smallest absolute Gasteiger partial charge is 0.182 e. The molecule has 6 nitrogen and oxygen atoms in total. The number of nitrogens with zero attached hydrogens (tertiary/aromatic N) is 1. The van der Waals surface area contributed by atoms with Crippen molar-refractivity contribution < 1.29 is 23.7 Å². The summed E-state index contributed by atoms with van der Waals surface area (Å²) in [6, 6.07) is 0. The fourth-order valence-corrected chi connectivity index (χ4v) is 5.85. The maximum absolute atomic E-state index is 6.19. The topological polar surface area (TPSA) is 49.4 Å². The van der Waals surface area contributed by atoms with Crippen LogP contribution in [0.2, 0.25) is 0 Å². The molecule has 0 heterocycles. The standard InChI is InChI=1S/C20H45NO5P2/c1-10-18(26-17(4)5)21(13-15-27-19(11-2,22-6)23-7)14-16-28-20(12-3,24-8)25-9/h17-18,27-28H,10-16H2,1-9H3. The summed E-state index contributed by atoms with van der Waals surface area (Å²) in [6.45, 7) is 12.5. The first-order valence-electron chi connectivity index (χ1n) is 10.4. The molecule has 3 unspecified atom stereocenters. The second-order valence-electron chi connectivity index (χ2n) is 6.97. The molecule has 0 aliphatic heterocycles. The van der Waals surface area contributed by atoms with Crippen LogP contribution in [0.15, 0.2) is 0 Å². The van der Waals surface area contributed by atoms with Crippen molar-refractivity contribution in [3.63, 3.8) is 0 Å². The molecule has 0 saturated heterocycles. The van der Waals surface area contributed by atoms with Crippen molar-refractivity contribution in [1.82, 2.24) is 4.90 Å². The summed E-state index contributed by atoms with van der Waals surface area (Å²) in [5.74, 6) is 0. The fourth-order valence-electron chi connectivity index (χ4n) is 3.22. The molecule has 8 heteroatoms. The predicted molar refractivity (Wildman–Crippen MR) is 122 cm³/mol. The van der Waals surface area contributed by atoms with Gasteiger partial charge >= 0.3 is 0 Å². The lowest BCUT2D eigenvalue weighted by molar-refractivity contribution is -0.138. The van der Waals surface area contributed by atoms with Gasteiger partial charge in [0, 0.05) is 54.4 Å². The van der Waals surface area contributed by atoms with Gasteiger partial charge in [-0.15, -0.1) is 0 Å². The largest absolute Gasteiger partial charge is 0.361 e. The molecule has 0 saturated carbocycles. The van der Waals surface area contributed by atoms with E-state index in [1.165, 1.54) is 0 Å². The van der Waals surface area contributed by atoms with Gasteiger partial charge in [-0.25, -0.2) is 0 Å². The molecule has 3 atom stereocenters. The lowest BCUT2D eigenvalue weighted by Crippen LogP contribution is -2.42. The van der Waals surface area contributed by atoms with Gasteiger partial charge in [0.15, 0.2) is 11.1 Å². The van der Waals surface area contributed by atoms with E-state index in [4.69, 9.17) is 23.7 Å². The zero-order valence-corrected chi connectivity index (χ0v) is 21.6. The van der Waals surface area contributed by atoms with Gasteiger partial charge in [0.2, 0.25) is 0 Å². The average Bonchev–Trinajstić information content (AvgIpc) is 2.72. The third kappa shape index (κ3) is 9.62. The first-order valence-corrected chi connectivity index (χ1v) is 12.8. The van der Waals surface area contributed by atoms with Crippen LogP contribution in [0.3, 0.4) is 0 Å². The van der Waals surface area contributed by atoms with Crippen LogP contribution in [0.25, 0.3) is 0 Å². The van der Waals surface area contributed by atoms with Crippen molar-refractivity contribution in [2.75, 3.05) is 53.9 Å². The van der Waals surface area contributed by atoms with Gasteiger partial charge in [-0.1, -0.05) is 37.9 Å². The number of hydrogen-bond donors (Lipinski definition) is 0. The van der Waals surface area contributed by atoms with Crippen LogP contribution in [-0.2, 0) is 23.7 Å². The zero-order valence-electron chi connectivity index (χ0n) is 19.6. The van der Waals surface area contributed by atoms with Crippen molar-refractivity contribution >= 4 is 17.2 Å². The number of methoxy groups -OCH3 is 4. The molecule has 0 fully saturated rings. The molecule has 0 spiro atoms. The van der Waals surface area contributed by atoms with Crippen LogP contribution in [0.5, 0.6) is 0 Å². The quantitative estimate of drug-likeness (QED) is 0.230. The number of ether oxygens (including phenoxy) is 5. The highest BCUT2D eigenvalue weighted by Crippen LogP contribution is 2.38. The zero-order chi connectivity index (χ0) is 21.6. The van der Waals surface area contributed by atoms with Gasteiger partial charge in [0.1, 0.15) is 6.23 Å². The minimum Gasteiger partial charge on any atom is -0.361 e. The molecule has 28 heavy (non-hydrogen) atoms. The van der Waals surface area contributed by atoms with E-state index >= 15 is 0 Å². The summed E-state index contributed by atoms with van der Waals surface area (Å²) in [6.07, 6.45) is 5.02. The lowest BCUT2D eigenvalue weighted by Gasteiger charge is -2.36. The second-order valence-corrected chi connectivity index (χ2v) is 10.2. The fraction of sp³-hybridized carbons (Fsp3) is 1.00. The molecule has 0 aromatic carbocycles. The van der Waals surface area contributed by atoms with Crippen molar-refractivity contribution in [3.8, 4) is 0 Å². The van der Waals surface area contributed by atoms with Crippen LogP contribution >= 0.6 is 17.2 Å². The molecule has 0 aromatic heterocycles. The molecule has 0 radical (unpaired) electrons. The van der Waals surface area contributed by atoms with Crippen molar-refractivity contribution in [2.45, 2.75) is 77.3 Å². The Morgan fingerprint density at radius 3 is 1.39 bits per heavy atom. The summed E-state index contributed by atoms with van der Waals surface area (Å²) < 4.78 is 28.8. The molecule has 0 bridgehead atoms. The van der Waals surface area contributed by atoms with Crippen LogP contribution < -0.4 is 0 Å². The van der Waals surface area contributed by atoms with Crippen LogP contribution in [0.4, 0.5) is 0 Å². The van der Waals surface area contributed by atoms with Crippen molar-refractivity contribution in [1.29, 1.82) is 0 Å². The summed E-state index contributed by atoms with van der Waals surface area (Å²) in [4.78, 5) is 2.46. The highest BCUT2D eigenvalue weighted by atomic mass is 31.1. The Labute approximate surface area is 177 Å². The number of rotatable bonds is 18. The Morgan fingerprint density at radius 1 is 0.750 bits per heavy atom. The normalized spacial score (nSPS) is 15.1. The van der Waals surface area contributed by atoms with E-state index in [0.29, 0.717) is 17.2 Å². The molecule has 0 aliphatic carbocycles. The van der Waals surface area contributed by atoms with E-state index in [1.54, 1.807) is 28.4 Å². The van der Waals surface area contributed by atoms with E-state index < -0.39 is 11.1 Å². The minimum absolute atomic E-state index is 0.122. The molecule has 0 rings (SSSR count). The highest BCUT2D eigenvalue weighted by molar-refractivity contribution is 7.39. The first kappa shape index (κ1) is 28.6. The predicted octanol–water partition coefficient (Wildman–Crippen LogP) is 4.52. The highest BCUT2D eigenvalue weighted by Gasteiger charge is 2.29. The van der Waals surface area contributed by atoms with Gasteiger partial charge in [0.25, 0.3) is 0 Å². The third-order valence-electron chi connectivity index (χ3n) is 5.02. The third-order valence-corrected chi connectivity index (χ3v) is 8.57. The molecule has 0 amide bonds. The number of hydrogen-bond acceptors (Lipinski definition) is 6. The Bertz CT molecular complexity index is 337. The van der Waals surface area contributed by atoms with Gasteiger partial charge in [0.05, 0.1) is 6.10 Å². The summed E-state index contributed by atoms with van der Waals surface area (Å²) >= 11 is 0. The van der Waals surface area contributed by atoms with Crippen LogP contribution in [-0.4, -0.2) is 82.1 Å². The summed E-state index contributed by atoms with van der Waals surface area (Å²) in [5.41, 5.74) is -0.922. The van der Waals surface area contributed by atoms with Crippen LogP contribution in [0, 0.1) is 0 Å². The maximum atomic E-state index is 6.19. The monoisotopic (exact) mass is 441 g/mol. The van der Waals surface area contributed by atoms with Crippen molar-refractivity contribution in [2.24, 2.45) is 0 Å². The Balaban J connectivity index is 4.96. The Morgan fingerprint density at radius 2 is 1.14 bits per heavy atom. The molecule has 0 aliphatic rings. The molecule has 0 aromatic rings. The van der Waals surface area contributed by atoms with Crippen LogP contribution in [0.1, 0.15) is 53.9 Å². The maximum Gasteiger partial charge on any atom is 0.182 e. The van der Waals surface area contributed by atoms with E-state index in [0.717, 1.165) is 44.7 Å². The molecule has 0 N–H and O–H groups in total. The summed E-state index contributed by atoms with van der Waals surface area (Å²) in [7, 11) is 8.09.